The van der Waals surface area contributed by atoms with Gasteiger partial charge in [-0.3, -0.25) is 14.4 Å². The van der Waals surface area contributed by atoms with Gasteiger partial charge in [0, 0.05) is 25.2 Å². The van der Waals surface area contributed by atoms with E-state index in [2.05, 4.69) is 24.5 Å². The number of carbonyl (C=O) groups is 3. The molecule has 2 heterocycles. The number of amides is 3. The summed E-state index contributed by atoms with van der Waals surface area (Å²) in [6.07, 6.45) is 1.20. The van der Waals surface area contributed by atoms with Gasteiger partial charge in [0.15, 0.2) is 0 Å². The van der Waals surface area contributed by atoms with Gasteiger partial charge in [0.2, 0.25) is 11.8 Å². The minimum atomic E-state index is -0.590. The zero-order valence-corrected chi connectivity index (χ0v) is 17.4. The van der Waals surface area contributed by atoms with Crippen LogP contribution in [0.2, 0.25) is 0 Å². The second-order valence-corrected chi connectivity index (χ2v) is 8.58. The summed E-state index contributed by atoms with van der Waals surface area (Å²) < 4.78 is 0. The van der Waals surface area contributed by atoms with Gasteiger partial charge in [-0.05, 0) is 42.0 Å². The molecule has 30 heavy (non-hydrogen) atoms. The Labute approximate surface area is 176 Å². The summed E-state index contributed by atoms with van der Waals surface area (Å²) in [5.74, 6) is -0.208. The SMILES string of the molecule is C[C@@H]1C[C@@H](C)CN(C(=O)c2ccccc2NC(=O)[C@H]2CC(=O)Nc3ccccc32)C1. The second kappa shape index (κ2) is 8.30. The Morgan fingerprint density at radius 2 is 1.67 bits per heavy atom. The van der Waals surface area contributed by atoms with Gasteiger partial charge in [-0.15, -0.1) is 0 Å². The van der Waals surface area contributed by atoms with Gasteiger partial charge < -0.3 is 15.5 Å². The molecule has 6 nitrogen and oxygen atoms in total. The van der Waals surface area contributed by atoms with Crippen molar-refractivity contribution in [2.24, 2.45) is 11.8 Å². The Morgan fingerprint density at radius 3 is 2.43 bits per heavy atom. The molecule has 2 N–H and O–H groups in total. The molecule has 2 aliphatic heterocycles. The van der Waals surface area contributed by atoms with E-state index in [1.165, 1.54) is 0 Å². The second-order valence-electron chi connectivity index (χ2n) is 8.58. The molecule has 2 aromatic rings. The average Bonchev–Trinajstić information content (AvgIpc) is 2.72. The minimum Gasteiger partial charge on any atom is -0.338 e. The lowest BCUT2D eigenvalue weighted by Crippen LogP contribution is -2.42. The number of piperidine rings is 1. The molecule has 0 spiro atoms. The van der Waals surface area contributed by atoms with E-state index in [-0.39, 0.29) is 24.1 Å². The molecule has 1 saturated heterocycles. The maximum absolute atomic E-state index is 13.2. The van der Waals surface area contributed by atoms with Crippen molar-refractivity contribution in [2.75, 3.05) is 23.7 Å². The van der Waals surface area contributed by atoms with Gasteiger partial charge in [-0.25, -0.2) is 0 Å². The van der Waals surface area contributed by atoms with E-state index in [0.717, 1.165) is 25.1 Å². The lowest BCUT2D eigenvalue weighted by molar-refractivity contribution is -0.123. The van der Waals surface area contributed by atoms with Crippen LogP contribution in [-0.4, -0.2) is 35.7 Å². The molecule has 2 aliphatic rings. The van der Waals surface area contributed by atoms with Crippen molar-refractivity contribution in [3.63, 3.8) is 0 Å². The van der Waals surface area contributed by atoms with Crippen LogP contribution in [0.1, 0.15) is 48.5 Å². The Hall–Kier alpha value is -3.15. The monoisotopic (exact) mass is 405 g/mol. The Kier molecular flexibility index (Phi) is 5.57. The van der Waals surface area contributed by atoms with Crippen LogP contribution < -0.4 is 10.6 Å². The first-order valence-electron chi connectivity index (χ1n) is 10.5. The molecule has 2 aromatic carbocycles. The van der Waals surface area contributed by atoms with E-state index in [1.807, 2.05) is 29.2 Å². The highest BCUT2D eigenvalue weighted by molar-refractivity contribution is 6.08. The number of carbonyl (C=O) groups excluding carboxylic acids is 3. The number of likely N-dealkylation sites (tertiary alicyclic amines) is 1. The Morgan fingerprint density at radius 1 is 1.00 bits per heavy atom. The highest BCUT2D eigenvalue weighted by atomic mass is 16.2. The van der Waals surface area contributed by atoms with Crippen molar-refractivity contribution in [3.05, 3.63) is 59.7 Å². The van der Waals surface area contributed by atoms with Crippen molar-refractivity contribution >= 4 is 29.1 Å². The first-order chi connectivity index (χ1) is 14.4. The van der Waals surface area contributed by atoms with E-state index >= 15 is 0 Å². The molecule has 0 unspecified atom stereocenters. The van der Waals surface area contributed by atoms with Crippen molar-refractivity contribution in [1.29, 1.82) is 0 Å². The topological polar surface area (TPSA) is 78.5 Å². The van der Waals surface area contributed by atoms with E-state index < -0.39 is 5.92 Å². The summed E-state index contributed by atoms with van der Waals surface area (Å²) in [7, 11) is 0. The zero-order chi connectivity index (χ0) is 21.3. The molecule has 4 rings (SSSR count). The Bertz CT molecular complexity index is 977. The number of fused-ring (bicyclic) bond motifs is 1. The van der Waals surface area contributed by atoms with Gasteiger partial charge in [-0.2, -0.15) is 0 Å². The highest BCUT2D eigenvalue weighted by Crippen LogP contribution is 2.33. The molecular weight excluding hydrogens is 378 g/mol. The minimum absolute atomic E-state index is 0.0638. The number of para-hydroxylation sites is 2. The van der Waals surface area contributed by atoms with Gasteiger partial charge in [0.05, 0.1) is 17.2 Å². The van der Waals surface area contributed by atoms with Crippen LogP contribution in [-0.2, 0) is 9.59 Å². The first-order valence-corrected chi connectivity index (χ1v) is 10.5. The summed E-state index contributed by atoms with van der Waals surface area (Å²) in [5, 5.41) is 5.73. The van der Waals surface area contributed by atoms with E-state index in [0.29, 0.717) is 28.8 Å². The van der Waals surface area contributed by atoms with Crippen molar-refractivity contribution in [2.45, 2.75) is 32.6 Å². The molecule has 156 valence electrons. The standard InChI is InChI=1S/C24H27N3O3/c1-15-11-16(2)14-27(13-15)24(30)18-8-4-6-10-21(18)26-23(29)19-12-22(28)25-20-9-5-3-7-17(19)20/h3-10,15-16,19H,11-14H2,1-2H3,(H,25,28)(H,26,29)/t15-,16-,19+/m1/s1. The van der Waals surface area contributed by atoms with E-state index in [9.17, 15) is 14.4 Å². The third kappa shape index (κ3) is 4.08. The maximum atomic E-state index is 13.2. The summed E-state index contributed by atoms with van der Waals surface area (Å²) in [6.45, 7) is 5.77. The number of nitrogens with zero attached hydrogens (tertiary/aromatic N) is 1. The van der Waals surface area contributed by atoms with Gasteiger partial charge >= 0.3 is 0 Å². The quantitative estimate of drug-likeness (QED) is 0.814. The van der Waals surface area contributed by atoms with Crippen LogP contribution in [0, 0.1) is 11.8 Å². The number of anilines is 2. The predicted octanol–water partition coefficient (Wildman–Crippen LogP) is 3.87. The van der Waals surface area contributed by atoms with Gasteiger partial charge in [0.25, 0.3) is 5.91 Å². The normalized spacial score (nSPS) is 23.3. The largest absolute Gasteiger partial charge is 0.338 e. The van der Waals surface area contributed by atoms with Crippen LogP contribution >= 0.6 is 0 Å². The molecule has 0 radical (unpaired) electrons. The maximum Gasteiger partial charge on any atom is 0.255 e. The van der Waals surface area contributed by atoms with E-state index in [4.69, 9.17) is 0 Å². The molecule has 6 heteroatoms. The fraction of sp³-hybridized carbons (Fsp3) is 0.375. The summed E-state index contributed by atoms with van der Waals surface area (Å²) in [5.41, 5.74) is 2.43. The third-order valence-corrected chi connectivity index (χ3v) is 5.89. The lowest BCUT2D eigenvalue weighted by Gasteiger charge is -2.35. The summed E-state index contributed by atoms with van der Waals surface area (Å²) in [4.78, 5) is 40.3. The zero-order valence-electron chi connectivity index (χ0n) is 17.4. The number of rotatable bonds is 3. The molecule has 3 atom stereocenters. The fourth-order valence-electron chi connectivity index (χ4n) is 4.64. The van der Waals surface area contributed by atoms with Crippen LogP contribution in [0.25, 0.3) is 0 Å². The van der Waals surface area contributed by atoms with Crippen LogP contribution in [0.15, 0.2) is 48.5 Å². The van der Waals surface area contributed by atoms with Crippen molar-refractivity contribution < 1.29 is 14.4 Å². The highest BCUT2D eigenvalue weighted by Gasteiger charge is 2.32. The third-order valence-electron chi connectivity index (χ3n) is 5.89. The van der Waals surface area contributed by atoms with Gasteiger partial charge in [0.1, 0.15) is 0 Å². The molecule has 0 saturated carbocycles. The van der Waals surface area contributed by atoms with Gasteiger partial charge in [-0.1, -0.05) is 44.2 Å². The van der Waals surface area contributed by atoms with Crippen LogP contribution in [0.3, 0.4) is 0 Å². The predicted molar refractivity (Wildman–Crippen MR) is 116 cm³/mol. The number of hydrogen-bond acceptors (Lipinski definition) is 3. The first kappa shape index (κ1) is 20.1. The molecule has 0 aliphatic carbocycles. The molecule has 0 aromatic heterocycles. The fourth-order valence-corrected chi connectivity index (χ4v) is 4.64. The van der Waals surface area contributed by atoms with E-state index in [1.54, 1.807) is 24.3 Å². The Balaban J connectivity index is 1.57. The number of hydrogen-bond donors (Lipinski definition) is 2. The van der Waals surface area contributed by atoms with Crippen molar-refractivity contribution in [1.82, 2.24) is 4.90 Å². The molecular formula is C24H27N3O3. The summed E-state index contributed by atoms with van der Waals surface area (Å²) in [6, 6.07) is 14.4. The van der Waals surface area contributed by atoms with Crippen LogP contribution in [0.5, 0.6) is 0 Å². The average molecular weight is 405 g/mol. The summed E-state index contributed by atoms with van der Waals surface area (Å²) >= 11 is 0. The number of benzene rings is 2. The molecule has 3 amide bonds. The lowest BCUT2D eigenvalue weighted by atomic mass is 9.89. The van der Waals surface area contributed by atoms with Crippen molar-refractivity contribution in [3.8, 4) is 0 Å². The molecule has 0 bridgehead atoms. The van der Waals surface area contributed by atoms with Crippen LogP contribution in [0.4, 0.5) is 11.4 Å². The molecule has 1 fully saturated rings. The number of nitrogens with one attached hydrogen (secondary N) is 2. The smallest absolute Gasteiger partial charge is 0.255 e.